The average Bonchev–Trinajstić information content (AvgIpc) is 3.12. The van der Waals surface area contributed by atoms with Gasteiger partial charge in [0.2, 0.25) is 5.78 Å². The number of H-pyrrole nitrogens is 1. The Morgan fingerprint density at radius 2 is 2.14 bits per heavy atom. The minimum absolute atomic E-state index is 0.120. The lowest BCUT2D eigenvalue weighted by atomic mass is 10.1. The van der Waals surface area contributed by atoms with E-state index in [0.717, 1.165) is 6.07 Å². The summed E-state index contributed by atoms with van der Waals surface area (Å²) in [5.41, 5.74) is 1.41. The number of fused-ring (bicyclic) bond motifs is 1. The molecule has 7 nitrogen and oxygen atoms in total. The molecular weight excluding hydrogens is 274 g/mol. The first kappa shape index (κ1) is 12.6. The average molecular weight is 281 g/mol. The van der Waals surface area contributed by atoms with Crippen molar-refractivity contribution in [3.8, 4) is 6.07 Å². The number of aromatic amines is 1. The van der Waals surface area contributed by atoms with Gasteiger partial charge in [-0.25, -0.2) is 0 Å². The third-order valence-corrected chi connectivity index (χ3v) is 3.05. The molecule has 2 aromatic heterocycles. The van der Waals surface area contributed by atoms with Crippen LogP contribution in [0.3, 0.4) is 0 Å². The summed E-state index contributed by atoms with van der Waals surface area (Å²) in [5.74, 6) is -1.09. The predicted molar refractivity (Wildman–Crippen MR) is 71.8 cm³/mol. The quantitative estimate of drug-likeness (QED) is 0.450. The van der Waals surface area contributed by atoms with Crippen molar-refractivity contribution in [2.75, 3.05) is 0 Å². The van der Waals surface area contributed by atoms with Crippen LogP contribution in [0.25, 0.3) is 10.9 Å². The summed E-state index contributed by atoms with van der Waals surface area (Å²) in [6.07, 6.45) is 1.49. The zero-order valence-corrected chi connectivity index (χ0v) is 10.5. The molecule has 0 bridgehead atoms. The molecule has 0 aliphatic rings. The largest absolute Gasteiger partial charge is 0.433 e. The molecule has 0 aliphatic carbocycles. The van der Waals surface area contributed by atoms with Gasteiger partial charge in [-0.15, -0.1) is 0 Å². The summed E-state index contributed by atoms with van der Waals surface area (Å²) in [5, 5.41) is 20.1. The van der Waals surface area contributed by atoms with Gasteiger partial charge in [-0.1, -0.05) is 0 Å². The fraction of sp³-hybridized carbons (Fsp3) is 0. The zero-order valence-electron chi connectivity index (χ0n) is 10.5. The third-order valence-electron chi connectivity index (χ3n) is 3.05. The molecule has 7 heteroatoms. The van der Waals surface area contributed by atoms with E-state index in [1.807, 2.05) is 6.07 Å². The molecule has 1 N–H and O–H groups in total. The number of furan rings is 1. The van der Waals surface area contributed by atoms with Crippen LogP contribution in [0.4, 0.5) is 5.88 Å². The fourth-order valence-corrected chi connectivity index (χ4v) is 2.06. The van der Waals surface area contributed by atoms with Crippen LogP contribution in [0.15, 0.2) is 40.9 Å². The molecule has 3 aromatic rings. The van der Waals surface area contributed by atoms with Crippen LogP contribution < -0.4 is 0 Å². The van der Waals surface area contributed by atoms with Crippen molar-refractivity contribution in [3.05, 3.63) is 63.5 Å². The summed E-state index contributed by atoms with van der Waals surface area (Å²) >= 11 is 0. The van der Waals surface area contributed by atoms with E-state index in [9.17, 15) is 14.9 Å². The monoisotopic (exact) mass is 281 g/mol. The van der Waals surface area contributed by atoms with Gasteiger partial charge in [0.05, 0.1) is 23.3 Å². The molecule has 0 spiro atoms. The molecule has 1 aromatic carbocycles. The topological polar surface area (TPSA) is 113 Å². The molecule has 0 radical (unpaired) electrons. The Morgan fingerprint density at radius 1 is 1.33 bits per heavy atom. The van der Waals surface area contributed by atoms with E-state index in [2.05, 4.69) is 4.98 Å². The second-order valence-corrected chi connectivity index (χ2v) is 4.30. The first-order valence-electron chi connectivity index (χ1n) is 5.90. The summed E-state index contributed by atoms with van der Waals surface area (Å²) in [4.78, 5) is 25.1. The minimum Gasteiger partial charge on any atom is -0.397 e. The number of carbonyl (C=O) groups is 1. The molecule has 21 heavy (non-hydrogen) atoms. The Kier molecular flexibility index (Phi) is 2.77. The number of hydrogen-bond acceptors (Lipinski definition) is 5. The van der Waals surface area contributed by atoms with Crippen molar-refractivity contribution in [1.29, 1.82) is 5.26 Å². The lowest BCUT2D eigenvalue weighted by molar-refractivity contribution is -0.402. The summed E-state index contributed by atoms with van der Waals surface area (Å²) in [6, 6.07) is 9.28. The van der Waals surface area contributed by atoms with Gasteiger partial charge in [0.1, 0.15) is 4.92 Å². The lowest BCUT2D eigenvalue weighted by Gasteiger charge is -1.96. The van der Waals surface area contributed by atoms with Gasteiger partial charge in [0.15, 0.2) is 5.76 Å². The number of hydrogen-bond donors (Lipinski definition) is 1. The molecule has 102 valence electrons. The van der Waals surface area contributed by atoms with Gasteiger partial charge in [0, 0.05) is 17.1 Å². The minimum atomic E-state index is -0.709. The van der Waals surface area contributed by atoms with Crippen molar-refractivity contribution < 1.29 is 14.1 Å². The van der Waals surface area contributed by atoms with E-state index in [4.69, 9.17) is 9.68 Å². The molecule has 0 saturated heterocycles. The zero-order chi connectivity index (χ0) is 15.0. The Hall–Kier alpha value is -3.40. The summed E-state index contributed by atoms with van der Waals surface area (Å²) in [6.45, 7) is 0. The number of rotatable bonds is 3. The Balaban J connectivity index is 2.08. The maximum absolute atomic E-state index is 12.3. The van der Waals surface area contributed by atoms with Crippen LogP contribution in [0.1, 0.15) is 21.7 Å². The van der Waals surface area contributed by atoms with Gasteiger partial charge < -0.3 is 9.40 Å². The van der Waals surface area contributed by atoms with Crippen LogP contribution in [0.2, 0.25) is 0 Å². The number of carbonyl (C=O) groups excluding carboxylic acids is 1. The molecule has 0 fully saturated rings. The van der Waals surface area contributed by atoms with E-state index in [1.54, 1.807) is 18.2 Å². The van der Waals surface area contributed by atoms with E-state index in [0.29, 0.717) is 22.0 Å². The smallest absolute Gasteiger partial charge is 0.397 e. The number of nitrogens with zero attached hydrogens (tertiary/aromatic N) is 2. The Labute approximate surface area is 117 Å². The van der Waals surface area contributed by atoms with E-state index in [1.165, 1.54) is 12.3 Å². The van der Waals surface area contributed by atoms with Crippen LogP contribution >= 0.6 is 0 Å². The SMILES string of the molecule is N#Cc1ccc2[nH]cc(C(=O)c3ccc([N+](=O)[O-])o3)c2c1. The van der Waals surface area contributed by atoms with Gasteiger partial charge in [-0.2, -0.15) is 5.26 Å². The van der Waals surface area contributed by atoms with Gasteiger partial charge >= 0.3 is 5.88 Å². The standard InChI is InChI=1S/C14H7N3O4/c15-6-8-1-2-11-9(5-8)10(7-16-11)14(18)12-3-4-13(21-12)17(19)20/h1-5,7,16H. The van der Waals surface area contributed by atoms with Gasteiger partial charge in [0.25, 0.3) is 0 Å². The highest BCUT2D eigenvalue weighted by Gasteiger charge is 2.21. The highest BCUT2D eigenvalue weighted by Crippen LogP contribution is 2.24. The molecule has 0 aliphatic heterocycles. The van der Waals surface area contributed by atoms with E-state index < -0.39 is 16.6 Å². The van der Waals surface area contributed by atoms with Crippen molar-refractivity contribution in [1.82, 2.24) is 4.98 Å². The number of nitrogens with one attached hydrogen (secondary N) is 1. The Bertz CT molecular complexity index is 914. The number of nitriles is 1. The maximum atomic E-state index is 12.3. The van der Waals surface area contributed by atoms with Crippen LogP contribution in [0.5, 0.6) is 0 Å². The molecule has 2 heterocycles. The van der Waals surface area contributed by atoms with Gasteiger partial charge in [-0.05, 0) is 24.3 Å². The second-order valence-electron chi connectivity index (χ2n) is 4.30. The second kappa shape index (κ2) is 4.61. The number of nitro groups is 1. The number of aromatic nitrogens is 1. The van der Waals surface area contributed by atoms with E-state index in [-0.39, 0.29) is 5.76 Å². The molecule has 0 unspecified atom stereocenters. The number of benzene rings is 1. The molecule has 0 atom stereocenters. The van der Waals surface area contributed by atoms with Crippen molar-refractivity contribution >= 4 is 22.6 Å². The summed E-state index contributed by atoms with van der Waals surface area (Å²) in [7, 11) is 0. The van der Waals surface area contributed by atoms with Crippen molar-refractivity contribution in [2.24, 2.45) is 0 Å². The Morgan fingerprint density at radius 3 is 2.81 bits per heavy atom. The first-order chi connectivity index (χ1) is 10.1. The highest BCUT2D eigenvalue weighted by molar-refractivity contribution is 6.15. The molecule has 0 saturated carbocycles. The van der Waals surface area contributed by atoms with E-state index >= 15 is 0 Å². The van der Waals surface area contributed by atoms with Crippen LogP contribution in [-0.4, -0.2) is 15.7 Å². The lowest BCUT2D eigenvalue weighted by Crippen LogP contribution is -1.98. The van der Waals surface area contributed by atoms with Crippen molar-refractivity contribution in [3.63, 3.8) is 0 Å². The van der Waals surface area contributed by atoms with Crippen LogP contribution in [-0.2, 0) is 0 Å². The molecule has 3 rings (SSSR count). The number of ketones is 1. The summed E-state index contributed by atoms with van der Waals surface area (Å²) < 4.78 is 4.91. The molecular formula is C14H7N3O4. The first-order valence-corrected chi connectivity index (χ1v) is 5.90. The third kappa shape index (κ3) is 2.04. The highest BCUT2D eigenvalue weighted by atomic mass is 16.6. The van der Waals surface area contributed by atoms with Crippen molar-refractivity contribution in [2.45, 2.75) is 0 Å². The maximum Gasteiger partial charge on any atom is 0.433 e. The predicted octanol–water partition coefficient (Wildman–Crippen LogP) is 2.77. The normalized spacial score (nSPS) is 10.4. The van der Waals surface area contributed by atoms with Gasteiger partial charge in [-0.3, -0.25) is 14.9 Å². The van der Waals surface area contributed by atoms with Crippen LogP contribution in [0, 0.1) is 21.4 Å². The fourth-order valence-electron chi connectivity index (χ4n) is 2.06. The molecule has 0 amide bonds.